The lowest BCUT2D eigenvalue weighted by Gasteiger charge is -2.35. The van der Waals surface area contributed by atoms with Gasteiger partial charge in [-0.2, -0.15) is 0 Å². The predicted octanol–water partition coefficient (Wildman–Crippen LogP) is 2.24. The third kappa shape index (κ3) is 7.16. The first kappa shape index (κ1) is 21.3. The van der Waals surface area contributed by atoms with E-state index in [0.717, 1.165) is 44.0 Å². The van der Waals surface area contributed by atoms with Crippen molar-refractivity contribution in [1.82, 2.24) is 9.80 Å². The Morgan fingerprint density at radius 3 is 2.52 bits per heavy atom. The number of hydrogen-bond acceptors (Lipinski definition) is 5. The Bertz CT molecular complexity index is 761. The number of carbonyl (C=O) groups is 1. The average Bonchev–Trinajstić information content (AvgIpc) is 2.74. The van der Waals surface area contributed by atoms with Crippen LogP contribution in [0.4, 0.5) is 5.69 Å². The number of amides is 1. The third-order valence-electron chi connectivity index (χ3n) is 5.11. The minimum absolute atomic E-state index is 0.00685. The molecule has 3 rings (SSSR count). The van der Waals surface area contributed by atoms with E-state index in [9.17, 15) is 9.90 Å². The highest BCUT2D eigenvalue weighted by atomic mass is 16.5. The van der Waals surface area contributed by atoms with E-state index in [-0.39, 0.29) is 12.5 Å². The third-order valence-corrected chi connectivity index (χ3v) is 5.11. The van der Waals surface area contributed by atoms with Gasteiger partial charge in [-0.15, -0.1) is 0 Å². The van der Waals surface area contributed by atoms with Gasteiger partial charge >= 0.3 is 0 Å². The summed E-state index contributed by atoms with van der Waals surface area (Å²) in [4.78, 5) is 16.6. The number of ether oxygens (including phenoxy) is 1. The van der Waals surface area contributed by atoms with E-state index in [2.05, 4.69) is 28.1 Å². The molecule has 6 nitrogen and oxygen atoms in total. The number of carbonyl (C=O) groups excluding carboxylic acids is 1. The Hall–Kier alpha value is -2.41. The molecule has 156 valence electrons. The van der Waals surface area contributed by atoms with E-state index < -0.39 is 6.10 Å². The molecule has 1 saturated heterocycles. The Morgan fingerprint density at radius 2 is 1.79 bits per heavy atom. The number of rotatable bonds is 9. The number of anilines is 1. The van der Waals surface area contributed by atoms with E-state index in [1.54, 1.807) is 0 Å². The van der Waals surface area contributed by atoms with Crippen LogP contribution in [0.5, 0.6) is 5.75 Å². The first-order chi connectivity index (χ1) is 14.1. The molecule has 2 N–H and O–H groups in total. The molecule has 1 fully saturated rings. The number of benzene rings is 2. The molecule has 0 aromatic heterocycles. The SMILES string of the molecule is CCc1cccc(OCC(O)CN2CCN(CC(=O)Nc3ccccc3)CC2)c1. The van der Waals surface area contributed by atoms with Crippen LogP contribution >= 0.6 is 0 Å². The molecular weight excluding hydrogens is 366 g/mol. The van der Waals surface area contributed by atoms with E-state index in [1.165, 1.54) is 5.56 Å². The van der Waals surface area contributed by atoms with Crippen molar-refractivity contribution < 1.29 is 14.6 Å². The van der Waals surface area contributed by atoms with E-state index in [4.69, 9.17) is 4.74 Å². The van der Waals surface area contributed by atoms with Crippen LogP contribution in [-0.4, -0.2) is 72.8 Å². The fourth-order valence-electron chi connectivity index (χ4n) is 3.45. The molecule has 0 radical (unpaired) electrons. The number of aryl methyl sites for hydroxylation is 1. The summed E-state index contributed by atoms with van der Waals surface area (Å²) in [5, 5.41) is 13.2. The van der Waals surface area contributed by atoms with Crippen LogP contribution in [0.3, 0.4) is 0 Å². The van der Waals surface area contributed by atoms with Crippen molar-refractivity contribution in [3.63, 3.8) is 0 Å². The number of nitrogens with one attached hydrogen (secondary N) is 1. The quantitative estimate of drug-likeness (QED) is 0.679. The number of hydrogen-bond donors (Lipinski definition) is 2. The standard InChI is InChI=1S/C23H31N3O3/c1-2-19-7-6-10-22(15-19)29-18-21(27)16-25-11-13-26(14-12-25)17-23(28)24-20-8-4-3-5-9-20/h3-10,15,21,27H,2,11-14,16-18H2,1H3,(H,24,28). The second kappa shape index (κ2) is 11.0. The van der Waals surface area contributed by atoms with Gasteiger partial charge in [0.05, 0.1) is 6.54 Å². The number of aliphatic hydroxyl groups is 1. The van der Waals surface area contributed by atoms with Gasteiger partial charge in [0, 0.05) is 38.4 Å². The summed E-state index contributed by atoms with van der Waals surface area (Å²) in [7, 11) is 0. The van der Waals surface area contributed by atoms with Crippen molar-refractivity contribution >= 4 is 11.6 Å². The van der Waals surface area contributed by atoms with Gasteiger partial charge in [0.25, 0.3) is 0 Å². The van der Waals surface area contributed by atoms with Gasteiger partial charge in [0.15, 0.2) is 0 Å². The summed E-state index contributed by atoms with van der Waals surface area (Å²) in [5.74, 6) is 0.810. The van der Waals surface area contributed by atoms with Crippen LogP contribution < -0.4 is 10.1 Å². The zero-order valence-electron chi connectivity index (χ0n) is 17.1. The highest BCUT2D eigenvalue weighted by Gasteiger charge is 2.21. The number of aliphatic hydroxyl groups excluding tert-OH is 1. The summed E-state index contributed by atoms with van der Waals surface area (Å²) in [6.45, 7) is 6.66. The Morgan fingerprint density at radius 1 is 1.07 bits per heavy atom. The highest BCUT2D eigenvalue weighted by Crippen LogP contribution is 2.14. The van der Waals surface area contributed by atoms with Gasteiger partial charge in [0.1, 0.15) is 18.5 Å². The normalized spacial score (nSPS) is 16.3. The van der Waals surface area contributed by atoms with Gasteiger partial charge in [-0.25, -0.2) is 0 Å². The number of para-hydroxylation sites is 1. The second-order valence-corrected chi connectivity index (χ2v) is 7.46. The molecule has 2 aromatic rings. The number of nitrogens with zero attached hydrogens (tertiary/aromatic N) is 2. The van der Waals surface area contributed by atoms with Crippen LogP contribution in [0.15, 0.2) is 54.6 Å². The molecule has 29 heavy (non-hydrogen) atoms. The lowest BCUT2D eigenvalue weighted by atomic mass is 10.2. The Labute approximate surface area is 173 Å². The summed E-state index contributed by atoms with van der Waals surface area (Å²) in [6.07, 6.45) is 0.432. The number of piperazine rings is 1. The van der Waals surface area contributed by atoms with Crippen molar-refractivity contribution in [3.05, 3.63) is 60.2 Å². The largest absolute Gasteiger partial charge is 0.491 e. The van der Waals surface area contributed by atoms with E-state index in [1.807, 2.05) is 48.5 Å². The summed E-state index contributed by atoms with van der Waals surface area (Å²) in [6, 6.07) is 17.5. The molecule has 0 bridgehead atoms. The molecule has 0 spiro atoms. The molecular formula is C23H31N3O3. The summed E-state index contributed by atoms with van der Waals surface area (Å²) >= 11 is 0. The zero-order valence-corrected chi connectivity index (χ0v) is 17.1. The van der Waals surface area contributed by atoms with Crippen molar-refractivity contribution in [2.75, 3.05) is 51.2 Å². The van der Waals surface area contributed by atoms with Gasteiger partial charge in [-0.3, -0.25) is 14.6 Å². The van der Waals surface area contributed by atoms with E-state index in [0.29, 0.717) is 13.1 Å². The predicted molar refractivity (Wildman–Crippen MR) is 115 cm³/mol. The molecule has 1 aliphatic heterocycles. The molecule has 1 aliphatic rings. The van der Waals surface area contributed by atoms with Crippen LogP contribution in [0.1, 0.15) is 12.5 Å². The Balaban J connectivity index is 1.34. The fourth-order valence-corrected chi connectivity index (χ4v) is 3.45. The van der Waals surface area contributed by atoms with Crippen molar-refractivity contribution in [1.29, 1.82) is 0 Å². The lowest BCUT2D eigenvalue weighted by Crippen LogP contribution is -2.50. The smallest absolute Gasteiger partial charge is 0.238 e. The highest BCUT2D eigenvalue weighted by molar-refractivity contribution is 5.92. The first-order valence-corrected chi connectivity index (χ1v) is 10.3. The summed E-state index contributed by atoms with van der Waals surface area (Å²) in [5.41, 5.74) is 2.05. The zero-order chi connectivity index (χ0) is 20.5. The van der Waals surface area contributed by atoms with E-state index >= 15 is 0 Å². The van der Waals surface area contributed by atoms with Gasteiger partial charge < -0.3 is 15.2 Å². The van der Waals surface area contributed by atoms with Gasteiger partial charge in [-0.1, -0.05) is 37.3 Å². The van der Waals surface area contributed by atoms with Crippen molar-refractivity contribution in [2.45, 2.75) is 19.4 Å². The van der Waals surface area contributed by atoms with Crippen molar-refractivity contribution in [3.8, 4) is 5.75 Å². The van der Waals surface area contributed by atoms with Crippen LogP contribution in [0, 0.1) is 0 Å². The molecule has 0 aliphatic carbocycles. The van der Waals surface area contributed by atoms with Crippen molar-refractivity contribution in [2.24, 2.45) is 0 Å². The average molecular weight is 398 g/mol. The Kier molecular flexibility index (Phi) is 8.04. The monoisotopic (exact) mass is 397 g/mol. The van der Waals surface area contributed by atoms with Gasteiger partial charge in [-0.05, 0) is 36.2 Å². The molecule has 1 amide bonds. The molecule has 2 aromatic carbocycles. The molecule has 1 heterocycles. The maximum Gasteiger partial charge on any atom is 0.238 e. The maximum atomic E-state index is 12.2. The molecule has 1 unspecified atom stereocenters. The maximum absolute atomic E-state index is 12.2. The molecule has 0 saturated carbocycles. The van der Waals surface area contributed by atoms with Crippen LogP contribution in [0.2, 0.25) is 0 Å². The van der Waals surface area contributed by atoms with Crippen LogP contribution in [0.25, 0.3) is 0 Å². The first-order valence-electron chi connectivity index (χ1n) is 10.3. The lowest BCUT2D eigenvalue weighted by molar-refractivity contribution is -0.117. The minimum Gasteiger partial charge on any atom is -0.491 e. The number of β-amino-alcohol motifs (C(OH)–C–C–N with tert-alkyl or cyclic N) is 1. The second-order valence-electron chi connectivity index (χ2n) is 7.46. The van der Waals surface area contributed by atoms with Crippen LogP contribution in [-0.2, 0) is 11.2 Å². The molecule has 6 heteroatoms. The molecule has 1 atom stereocenters. The topological polar surface area (TPSA) is 65.0 Å². The van der Waals surface area contributed by atoms with Gasteiger partial charge in [0.2, 0.25) is 5.91 Å². The summed E-state index contributed by atoms with van der Waals surface area (Å²) < 4.78 is 5.74. The minimum atomic E-state index is -0.534. The fraction of sp³-hybridized carbons (Fsp3) is 0.435.